The fourth-order valence-electron chi connectivity index (χ4n) is 4.44. The number of hydrogen-bond acceptors (Lipinski definition) is 9. The second-order valence-electron chi connectivity index (χ2n) is 8.85. The van der Waals surface area contributed by atoms with Crippen molar-refractivity contribution in [2.24, 2.45) is 0 Å². The molecule has 37 heavy (non-hydrogen) atoms. The first-order valence-electron chi connectivity index (χ1n) is 12.7. The molecule has 9 nitrogen and oxygen atoms in total. The molecule has 1 aromatic heterocycles. The van der Waals surface area contributed by atoms with Crippen LogP contribution in [0.15, 0.2) is 42.6 Å². The largest absolute Gasteiger partial charge is 0.493 e. The monoisotopic (exact) mass is 508 g/mol. The molecule has 0 saturated carbocycles. The van der Waals surface area contributed by atoms with Gasteiger partial charge in [-0.05, 0) is 37.8 Å². The number of anilines is 2. The second kappa shape index (κ2) is 13.1. The van der Waals surface area contributed by atoms with Gasteiger partial charge in [-0.25, -0.2) is 4.98 Å². The highest BCUT2D eigenvalue weighted by molar-refractivity contribution is 5.78. The lowest BCUT2D eigenvalue weighted by Crippen LogP contribution is -2.21. The van der Waals surface area contributed by atoms with Crippen molar-refractivity contribution in [3.8, 4) is 28.4 Å². The zero-order valence-corrected chi connectivity index (χ0v) is 21.6. The van der Waals surface area contributed by atoms with Crippen molar-refractivity contribution < 1.29 is 23.7 Å². The number of aromatic nitrogens is 2. The molecule has 0 aliphatic carbocycles. The Labute approximate surface area is 218 Å². The molecule has 0 bridgehead atoms. The third kappa shape index (κ3) is 6.81. The second-order valence-corrected chi connectivity index (χ2v) is 8.85. The quantitative estimate of drug-likeness (QED) is 0.337. The summed E-state index contributed by atoms with van der Waals surface area (Å²) in [5.41, 5.74) is 15.2. The summed E-state index contributed by atoms with van der Waals surface area (Å²) in [5, 5.41) is 0. The first-order valence-corrected chi connectivity index (χ1v) is 12.7. The van der Waals surface area contributed by atoms with E-state index in [0.29, 0.717) is 48.3 Å². The van der Waals surface area contributed by atoms with Crippen molar-refractivity contribution in [2.75, 3.05) is 45.2 Å². The lowest BCUT2D eigenvalue weighted by atomic mass is 9.97. The lowest BCUT2D eigenvalue weighted by molar-refractivity contribution is 0.00336. The smallest absolute Gasteiger partial charge is 0.221 e. The van der Waals surface area contributed by atoms with Gasteiger partial charge >= 0.3 is 0 Å². The van der Waals surface area contributed by atoms with Crippen LogP contribution in [-0.2, 0) is 15.9 Å². The van der Waals surface area contributed by atoms with Gasteiger partial charge in [0.2, 0.25) is 5.95 Å². The van der Waals surface area contributed by atoms with Gasteiger partial charge in [0.25, 0.3) is 0 Å². The van der Waals surface area contributed by atoms with Gasteiger partial charge in [-0.2, -0.15) is 4.98 Å². The highest BCUT2D eigenvalue weighted by atomic mass is 16.7. The van der Waals surface area contributed by atoms with Crippen LogP contribution in [0, 0.1) is 0 Å². The normalized spacial score (nSPS) is 15.4. The number of ether oxygens (including phenoxy) is 5. The molecule has 1 fully saturated rings. The Balaban J connectivity index is 1.79. The maximum atomic E-state index is 6.48. The zero-order valence-electron chi connectivity index (χ0n) is 21.6. The Kier molecular flexibility index (Phi) is 9.40. The number of nitrogens with two attached hydrogens (primary N) is 2. The summed E-state index contributed by atoms with van der Waals surface area (Å²) in [5.74, 6) is 2.23. The molecule has 4 N–H and O–H groups in total. The number of benzene rings is 2. The van der Waals surface area contributed by atoms with Gasteiger partial charge in [-0.3, -0.25) is 0 Å². The summed E-state index contributed by atoms with van der Waals surface area (Å²) >= 11 is 0. The van der Waals surface area contributed by atoms with E-state index >= 15 is 0 Å². The minimum atomic E-state index is 0.0343. The standard InChI is InChI=1S/C28H36N4O5/c1-3-34-24-16-22(19-9-5-4-6-10-19)25(36-14-12-21-11-7-8-13-35-21)26(37-18-33-2)23(24)15-20-17-31-28(30)32-27(20)29/h4-6,9-10,16-17,21H,3,7-8,11-15,18H2,1-2H3,(H4,29,30,31,32). The van der Waals surface area contributed by atoms with Gasteiger partial charge in [0.15, 0.2) is 18.3 Å². The summed E-state index contributed by atoms with van der Waals surface area (Å²) < 4.78 is 30.0. The van der Waals surface area contributed by atoms with E-state index in [9.17, 15) is 0 Å². The highest BCUT2D eigenvalue weighted by Gasteiger charge is 2.25. The summed E-state index contributed by atoms with van der Waals surface area (Å²) in [6, 6.07) is 12.0. The van der Waals surface area contributed by atoms with Gasteiger partial charge in [0, 0.05) is 49.4 Å². The Hall–Kier alpha value is -3.56. The fourth-order valence-corrected chi connectivity index (χ4v) is 4.44. The first kappa shape index (κ1) is 26.5. The third-order valence-corrected chi connectivity index (χ3v) is 6.25. The van der Waals surface area contributed by atoms with Gasteiger partial charge < -0.3 is 35.2 Å². The molecule has 1 saturated heterocycles. The molecule has 9 heteroatoms. The molecule has 1 unspecified atom stereocenters. The molecule has 1 aliphatic heterocycles. The van der Waals surface area contributed by atoms with Gasteiger partial charge in [0.05, 0.1) is 19.3 Å². The molecule has 2 aromatic carbocycles. The zero-order chi connectivity index (χ0) is 26.0. The number of methoxy groups -OCH3 is 1. The molecule has 0 spiro atoms. The predicted molar refractivity (Wildman–Crippen MR) is 143 cm³/mol. The average molecular weight is 509 g/mol. The fraction of sp³-hybridized carbons (Fsp3) is 0.429. The molecule has 0 amide bonds. The SMILES string of the molecule is CCOc1cc(-c2ccccc2)c(OCCC2CCCCO2)c(OCOC)c1Cc1cnc(N)nc1N. The number of rotatable bonds is 12. The Morgan fingerprint density at radius 1 is 1.05 bits per heavy atom. The van der Waals surface area contributed by atoms with Crippen molar-refractivity contribution >= 4 is 11.8 Å². The van der Waals surface area contributed by atoms with E-state index in [2.05, 4.69) is 9.97 Å². The lowest BCUT2D eigenvalue weighted by Gasteiger charge is -2.25. The molecular formula is C28H36N4O5. The van der Waals surface area contributed by atoms with Gasteiger partial charge in [-0.15, -0.1) is 0 Å². The Bertz CT molecular complexity index is 1150. The van der Waals surface area contributed by atoms with Crippen LogP contribution >= 0.6 is 0 Å². The van der Waals surface area contributed by atoms with Crippen molar-refractivity contribution in [3.63, 3.8) is 0 Å². The topological polar surface area (TPSA) is 124 Å². The third-order valence-electron chi connectivity index (χ3n) is 6.25. The van der Waals surface area contributed by atoms with E-state index in [4.69, 9.17) is 35.2 Å². The van der Waals surface area contributed by atoms with E-state index in [-0.39, 0.29) is 18.8 Å². The van der Waals surface area contributed by atoms with Crippen LogP contribution in [0.2, 0.25) is 0 Å². The van der Waals surface area contributed by atoms with Crippen LogP contribution in [-0.4, -0.2) is 49.8 Å². The van der Waals surface area contributed by atoms with Crippen LogP contribution < -0.4 is 25.7 Å². The molecule has 1 atom stereocenters. The van der Waals surface area contributed by atoms with Crippen LogP contribution in [0.3, 0.4) is 0 Å². The van der Waals surface area contributed by atoms with Crippen LogP contribution in [0.25, 0.3) is 11.1 Å². The predicted octanol–water partition coefficient (Wildman–Crippen LogP) is 4.62. The maximum Gasteiger partial charge on any atom is 0.221 e. The van der Waals surface area contributed by atoms with Crippen LogP contribution in [0.1, 0.15) is 43.7 Å². The van der Waals surface area contributed by atoms with E-state index in [1.54, 1.807) is 13.3 Å². The summed E-state index contributed by atoms with van der Waals surface area (Å²) in [6.07, 6.45) is 6.32. The molecule has 2 heterocycles. The molecule has 198 valence electrons. The van der Waals surface area contributed by atoms with Gasteiger partial charge in [-0.1, -0.05) is 30.3 Å². The summed E-state index contributed by atoms with van der Waals surface area (Å²) in [6.45, 7) is 3.73. The Morgan fingerprint density at radius 3 is 2.59 bits per heavy atom. The van der Waals surface area contributed by atoms with E-state index in [1.807, 2.05) is 43.3 Å². The number of hydrogen-bond donors (Lipinski definition) is 2. The van der Waals surface area contributed by atoms with Crippen molar-refractivity contribution in [2.45, 2.75) is 45.1 Å². The number of nitrogens with zero attached hydrogens (tertiary/aromatic N) is 2. The highest BCUT2D eigenvalue weighted by Crippen LogP contribution is 2.47. The minimum Gasteiger partial charge on any atom is -0.493 e. The summed E-state index contributed by atoms with van der Waals surface area (Å²) in [4.78, 5) is 8.25. The summed E-state index contributed by atoms with van der Waals surface area (Å²) in [7, 11) is 1.58. The van der Waals surface area contributed by atoms with Gasteiger partial charge in [0.1, 0.15) is 11.6 Å². The number of nitrogen functional groups attached to an aromatic ring is 2. The van der Waals surface area contributed by atoms with Crippen molar-refractivity contribution in [3.05, 3.63) is 53.7 Å². The van der Waals surface area contributed by atoms with Crippen LogP contribution in [0.5, 0.6) is 17.2 Å². The average Bonchev–Trinajstić information content (AvgIpc) is 2.92. The minimum absolute atomic E-state index is 0.0343. The molecular weight excluding hydrogens is 472 g/mol. The first-order chi connectivity index (χ1) is 18.1. The molecule has 1 aliphatic rings. The Morgan fingerprint density at radius 2 is 1.89 bits per heavy atom. The maximum absolute atomic E-state index is 6.48. The van der Waals surface area contributed by atoms with E-state index < -0.39 is 0 Å². The van der Waals surface area contributed by atoms with Crippen molar-refractivity contribution in [1.29, 1.82) is 0 Å². The van der Waals surface area contributed by atoms with Crippen LogP contribution in [0.4, 0.5) is 11.8 Å². The molecule has 3 aromatic rings. The van der Waals surface area contributed by atoms with E-state index in [0.717, 1.165) is 42.6 Å². The molecule has 0 radical (unpaired) electrons. The van der Waals surface area contributed by atoms with E-state index in [1.165, 1.54) is 6.42 Å². The van der Waals surface area contributed by atoms with Crippen molar-refractivity contribution in [1.82, 2.24) is 9.97 Å². The molecule has 4 rings (SSSR count).